The SMILES string of the molecule is O=C(CCl)Nc1nsc2cc(Cl)ccc12. The van der Waals surface area contributed by atoms with Gasteiger partial charge in [0.15, 0.2) is 5.82 Å². The molecule has 0 unspecified atom stereocenters. The first-order valence-corrected chi connectivity index (χ1v) is 5.80. The number of anilines is 1. The van der Waals surface area contributed by atoms with Gasteiger partial charge in [0.05, 0.1) is 4.70 Å². The molecule has 0 atom stereocenters. The molecule has 1 heterocycles. The van der Waals surface area contributed by atoms with Crippen molar-refractivity contribution >= 4 is 56.5 Å². The Hall–Kier alpha value is -0.840. The highest BCUT2D eigenvalue weighted by Crippen LogP contribution is 2.28. The minimum Gasteiger partial charge on any atom is -0.308 e. The fourth-order valence-corrected chi connectivity index (χ4v) is 2.25. The van der Waals surface area contributed by atoms with Crippen molar-refractivity contribution in [3.63, 3.8) is 0 Å². The number of aromatic nitrogens is 1. The van der Waals surface area contributed by atoms with E-state index in [4.69, 9.17) is 23.2 Å². The highest BCUT2D eigenvalue weighted by Gasteiger charge is 2.08. The second kappa shape index (κ2) is 4.35. The summed E-state index contributed by atoms with van der Waals surface area (Å²) in [5.41, 5.74) is 0. The first kappa shape index (κ1) is 10.7. The Morgan fingerprint density at radius 3 is 3.07 bits per heavy atom. The van der Waals surface area contributed by atoms with E-state index in [0.717, 1.165) is 10.1 Å². The van der Waals surface area contributed by atoms with E-state index >= 15 is 0 Å². The van der Waals surface area contributed by atoms with Crippen molar-refractivity contribution in [3.8, 4) is 0 Å². The topological polar surface area (TPSA) is 42.0 Å². The van der Waals surface area contributed by atoms with Crippen LogP contribution in [0, 0.1) is 0 Å². The van der Waals surface area contributed by atoms with Gasteiger partial charge in [-0.15, -0.1) is 11.6 Å². The Bertz CT molecular complexity index is 512. The van der Waals surface area contributed by atoms with E-state index in [1.165, 1.54) is 11.5 Å². The molecule has 0 aliphatic carbocycles. The van der Waals surface area contributed by atoms with Crippen LogP contribution in [0.2, 0.25) is 5.02 Å². The summed E-state index contributed by atoms with van der Waals surface area (Å²) < 4.78 is 5.05. The second-order valence-corrected chi connectivity index (χ2v) is 4.36. The summed E-state index contributed by atoms with van der Waals surface area (Å²) >= 11 is 12.5. The lowest BCUT2D eigenvalue weighted by Crippen LogP contribution is -2.12. The van der Waals surface area contributed by atoms with Gasteiger partial charge in [0.25, 0.3) is 0 Å². The van der Waals surface area contributed by atoms with Crippen molar-refractivity contribution in [2.75, 3.05) is 11.2 Å². The van der Waals surface area contributed by atoms with Gasteiger partial charge in [-0.25, -0.2) is 0 Å². The lowest BCUT2D eigenvalue weighted by molar-refractivity contribution is -0.113. The van der Waals surface area contributed by atoms with Gasteiger partial charge in [0.1, 0.15) is 5.88 Å². The molecular weight excluding hydrogens is 255 g/mol. The highest BCUT2D eigenvalue weighted by molar-refractivity contribution is 7.13. The Morgan fingerprint density at radius 1 is 1.53 bits per heavy atom. The van der Waals surface area contributed by atoms with Crippen LogP contribution in [0.25, 0.3) is 10.1 Å². The van der Waals surface area contributed by atoms with Crippen LogP contribution in [-0.2, 0) is 4.79 Å². The first-order valence-electron chi connectivity index (χ1n) is 4.11. The monoisotopic (exact) mass is 260 g/mol. The van der Waals surface area contributed by atoms with Crippen LogP contribution in [0.15, 0.2) is 18.2 Å². The zero-order valence-electron chi connectivity index (χ0n) is 7.46. The van der Waals surface area contributed by atoms with Gasteiger partial charge in [-0.2, -0.15) is 4.37 Å². The zero-order valence-corrected chi connectivity index (χ0v) is 9.79. The van der Waals surface area contributed by atoms with Gasteiger partial charge in [-0.1, -0.05) is 11.6 Å². The molecule has 3 nitrogen and oxygen atoms in total. The average molecular weight is 261 g/mol. The molecule has 15 heavy (non-hydrogen) atoms. The number of nitrogens with one attached hydrogen (secondary N) is 1. The molecule has 1 N–H and O–H groups in total. The van der Waals surface area contributed by atoms with E-state index in [0.29, 0.717) is 10.8 Å². The smallest absolute Gasteiger partial charge is 0.240 e. The summed E-state index contributed by atoms with van der Waals surface area (Å²) in [5.74, 6) is 0.197. The summed E-state index contributed by atoms with van der Waals surface area (Å²) in [6, 6.07) is 5.39. The number of rotatable bonds is 2. The standard InChI is InChI=1S/C9H6Cl2N2OS/c10-4-8(14)12-9-6-2-1-5(11)3-7(6)15-13-9/h1-3H,4H2,(H,12,13,14). The summed E-state index contributed by atoms with van der Waals surface area (Å²) in [6.45, 7) is 0. The molecule has 0 saturated heterocycles. The molecule has 2 aromatic rings. The zero-order chi connectivity index (χ0) is 10.8. The molecule has 1 aromatic heterocycles. The van der Waals surface area contributed by atoms with Crippen LogP contribution in [0.3, 0.4) is 0 Å². The maximum Gasteiger partial charge on any atom is 0.240 e. The van der Waals surface area contributed by atoms with Crippen molar-refractivity contribution in [2.24, 2.45) is 0 Å². The summed E-state index contributed by atoms with van der Waals surface area (Å²) in [5, 5.41) is 4.15. The number of alkyl halides is 1. The third-order valence-electron chi connectivity index (χ3n) is 1.81. The van der Waals surface area contributed by atoms with Gasteiger partial charge < -0.3 is 5.32 Å². The third kappa shape index (κ3) is 2.22. The predicted octanol–water partition coefficient (Wildman–Crippen LogP) is 3.13. The van der Waals surface area contributed by atoms with Crippen molar-refractivity contribution in [2.45, 2.75) is 0 Å². The van der Waals surface area contributed by atoms with Crippen molar-refractivity contribution < 1.29 is 4.79 Å². The molecule has 0 aliphatic rings. The van der Waals surface area contributed by atoms with E-state index in [9.17, 15) is 4.79 Å². The molecular formula is C9H6Cl2N2OS. The summed E-state index contributed by atoms with van der Waals surface area (Å²) in [6.07, 6.45) is 0. The highest BCUT2D eigenvalue weighted by atomic mass is 35.5. The van der Waals surface area contributed by atoms with Crippen LogP contribution in [-0.4, -0.2) is 16.2 Å². The molecule has 1 aromatic carbocycles. The fraction of sp³-hybridized carbons (Fsp3) is 0.111. The fourth-order valence-electron chi connectivity index (χ4n) is 1.17. The number of amides is 1. The molecule has 1 amide bonds. The molecule has 0 radical (unpaired) electrons. The largest absolute Gasteiger partial charge is 0.308 e. The van der Waals surface area contributed by atoms with E-state index in [-0.39, 0.29) is 11.8 Å². The Morgan fingerprint density at radius 2 is 2.33 bits per heavy atom. The minimum absolute atomic E-state index is 0.0768. The summed E-state index contributed by atoms with van der Waals surface area (Å²) in [4.78, 5) is 11.1. The molecule has 0 bridgehead atoms. The van der Waals surface area contributed by atoms with Crippen LogP contribution >= 0.6 is 34.7 Å². The molecule has 78 valence electrons. The number of nitrogens with zero attached hydrogens (tertiary/aromatic N) is 1. The van der Waals surface area contributed by atoms with Gasteiger partial charge in [-0.05, 0) is 29.7 Å². The number of benzene rings is 1. The Balaban J connectivity index is 2.41. The third-order valence-corrected chi connectivity index (χ3v) is 3.10. The van der Waals surface area contributed by atoms with Gasteiger partial charge in [-0.3, -0.25) is 4.79 Å². The van der Waals surface area contributed by atoms with Crippen LogP contribution in [0.5, 0.6) is 0 Å². The van der Waals surface area contributed by atoms with Crippen molar-refractivity contribution in [1.82, 2.24) is 4.37 Å². The van der Waals surface area contributed by atoms with Gasteiger partial charge >= 0.3 is 0 Å². The van der Waals surface area contributed by atoms with Crippen LogP contribution in [0.1, 0.15) is 0 Å². The number of carbonyl (C=O) groups excluding carboxylic acids is 1. The van der Waals surface area contributed by atoms with Crippen LogP contribution in [0.4, 0.5) is 5.82 Å². The van der Waals surface area contributed by atoms with Gasteiger partial charge in [0, 0.05) is 10.4 Å². The molecule has 0 saturated carbocycles. The first-order chi connectivity index (χ1) is 7.20. The predicted molar refractivity (Wildman–Crippen MR) is 64.0 cm³/mol. The number of hydrogen-bond donors (Lipinski definition) is 1. The normalized spacial score (nSPS) is 10.5. The second-order valence-electron chi connectivity index (χ2n) is 2.85. The maximum absolute atomic E-state index is 11.1. The number of halogens is 2. The van der Waals surface area contributed by atoms with Crippen molar-refractivity contribution in [3.05, 3.63) is 23.2 Å². The van der Waals surface area contributed by atoms with Crippen LogP contribution < -0.4 is 5.32 Å². The summed E-state index contributed by atoms with van der Waals surface area (Å²) in [7, 11) is 0. The lowest BCUT2D eigenvalue weighted by atomic mass is 10.2. The van der Waals surface area contributed by atoms with E-state index in [1.54, 1.807) is 6.07 Å². The molecule has 0 spiro atoms. The van der Waals surface area contributed by atoms with Gasteiger partial charge in [0.2, 0.25) is 5.91 Å². The molecule has 6 heteroatoms. The molecule has 0 fully saturated rings. The van der Waals surface area contributed by atoms with Crippen molar-refractivity contribution in [1.29, 1.82) is 0 Å². The average Bonchev–Trinajstić information content (AvgIpc) is 2.60. The molecule has 0 aliphatic heterocycles. The lowest BCUT2D eigenvalue weighted by Gasteiger charge is -1.98. The molecule has 2 rings (SSSR count). The minimum atomic E-state index is -0.265. The Kier molecular flexibility index (Phi) is 3.09. The number of fused-ring (bicyclic) bond motifs is 1. The Labute approximate surface area is 100 Å². The number of hydrogen-bond acceptors (Lipinski definition) is 3. The van der Waals surface area contributed by atoms with E-state index in [1.807, 2.05) is 12.1 Å². The number of carbonyl (C=O) groups is 1. The maximum atomic E-state index is 11.1. The quantitative estimate of drug-likeness (QED) is 0.844. The van der Waals surface area contributed by atoms with E-state index < -0.39 is 0 Å². The van der Waals surface area contributed by atoms with E-state index in [2.05, 4.69) is 9.69 Å².